The molecule has 1 amide bonds. The lowest BCUT2D eigenvalue weighted by Crippen LogP contribution is -2.34. The van der Waals surface area contributed by atoms with Crippen LogP contribution in [-0.2, 0) is 17.9 Å². The highest BCUT2D eigenvalue weighted by atomic mass is 16.3. The molecule has 0 radical (unpaired) electrons. The monoisotopic (exact) mass is 324 g/mol. The van der Waals surface area contributed by atoms with Crippen molar-refractivity contribution in [2.75, 3.05) is 13.6 Å². The molecule has 2 heterocycles. The van der Waals surface area contributed by atoms with Crippen LogP contribution in [0.15, 0.2) is 59.3 Å². The smallest absolute Gasteiger partial charge is 0.234 e. The first-order valence-corrected chi connectivity index (χ1v) is 7.77. The normalized spacial score (nSPS) is 10.9. The maximum absolute atomic E-state index is 11.9. The van der Waals surface area contributed by atoms with E-state index in [1.165, 1.54) is 0 Å². The summed E-state index contributed by atoms with van der Waals surface area (Å²) in [6.07, 6.45) is 3.41. The number of likely N-dealkylation sites (N-methyl/N-ethyl adjacent to an activating group) is 1. The van der Waals surface area contributed by atoms with Crippen LogP contribution in [0.5, 0.6) is 0 Å². The number of rotatable bonds is 7. The first-order chi connectivity index (χ1) is 11.7. The van der Waals surface area contributed by atoms with E-state index in [2.05, 4.69) is 15.3 Å². The van der Waals surface area contributed by atoms with Crippen LogP contribution < -0.4 is 5.32 Å². The number of nitrogens with one attached hydrogen (secondary N) is 2. The number of nitrogens with zero attached hydrogens (tertiary/aromatic N) is 2. The highest BCUT2D eigenvalue weighted by Gasteiger charge is 2.10. The zero-order valence-corrected chi connectivity index (χ0v) is 13.5. The fourth-order valence-electron chi connectivity index (χ4n) is 2.42. The SMILES string of the molecule is CN(CC(=O)NCc1ccco1)Cc1ncc(-c2ccccc2)[nH]1. The van der Waals surface area contributed by atoms with E-state index in [9.17, 15) is 4.79 Å². The van der Waals surface area contributed by atoms with E-state index in [0.717, 1.165) is 22.8 Å². The molecule has 2 aromatic heterocycles. The molecule has 6 heteroatoms. The summed E-state index contributed by atoms with van der Waals surface area (Å²) in [5, 5.41) is 2.83. The Kier molecular flexibility index (Phi) is 5.08. The van der Waals surface area contributed by atoms with Crippen LogP contribution in [0.1, 0.15) is 11.6 Å². The number of hydrogen-bond acceptors (Lipinski definition) is 4. The maximum Gasteiger partial charge on any atom is 0.234 e. The molecular formula is C18H20N4O2. The summed E-state index contributed by atoms with van der Waals surface area (Å²) in [6.45, 7) is 1.27. The minimum absolute atomic E-state index is 0.0521. The van der Waals surface area contributed by atoms with Gasteiger partial charge in [0.15, 0.2) is 0 Å². The lowest BCUT2D eigenvalue weighted by Gasteiger charge is -2.14. The van der Waals surface area contributed by atoms with Gasteiger partial charge in [-0.1, -0.05) is 30.3 Å². The van der Waals surface area contributed by atoms with Gasteiger partial charge in [-0.2, -0.15) is 0 Å². The van der Waals surface area contributed by atoms with Gasteiger partial charge in [-0.3, -0.25) is 9.69 Å². The fraction of sp³-hybridized carbons (Fsp3) is 0.222. The Bertz CT molecular complexity index is 765. The van der Waals surface area contributed by atoms with E-state index in [0.29, 0.717) is 19.6 Å². The fourth-order valence-corrected chi connectivity index (χ4v) is 2.42. The standard InChI is InChI=1S/C18H20N4O2/c1-22(13-18(23)20-10-15-8-5-9-24-15)12-17-19-11-16(21-17)14-6-3-2-4-7-14/h2-9,11H,10,12-13H2,1H3,(H,19,21)(H,20,23). The molecule has 1 aromatic carbocycles. The largest absolute Gasteiger partial charge is 0.467 e. The van der Waals surface area contributed by atoms with Crippen LogP contribution in [0, 0.1) is 0 Å². The van der Waals surface area contributed by atoms with Crippen LogP contribution in [0.25, 0.3) is 11.3 Å². The number of carbonyl (C=O) groups is 1. The Labute approximate surface area is 140 Å². The van der Waals surface area contributed by atoms with Crippen molar-refractivity contribution >= 4 is 5.91 Å². The number of H-pyrrole nitrogens is 1. The molecule has 2 N–H and O–H groups in total. The topological polar surface area (TPSA) is 74.2 Å². The third-order valence-electron chi connectivity index (χ3n) is 3.59. The van der Waals surface area contributed by atoms with E-state index >= 15 is 0 Å². The molecule has 0 saturated carbocycles. The second-order valence-electron chi connectivity index (χ2n) is 5.64. The summed E-state index contributed by atoms with van der Waals surface area (Å²) in [5.74, 6) is 1.52. The van der Waals surface area contributed by atoms with Gasteiger partial charge in [0.1, 0.15) is 11.6 Å². The zero-order chi connectivity index (χ0) is 16.8. The van der Waals surface area contributed by atoms with Gasteiger partial charge in [-0.05, 0) is 24.7 Å². The van der Waals surface area contributed by atoms with Gasteiger partial charge in [-0.15, -0.1) is 0 Å². The average molecular weight is 324 g/mol. The zero-order valence-electron chi connectivity index (χ0n) is 13.5. The minimum Gasteiger partial charge on any atom is -0.467 e. The average Bonchev–Trinajstić information content (AvgIpc) is 3.25. The van der Waals surface area contributed by atoms with E-state index in [1.54, 1.807) is 12.3 Å². The van der Waals surface area contributed by atoms with Crippen LogP contribution in [0.4, 0.5) is 0 Å². The molecule has 0 unspecified atom stereocenters. The predicted octanol–water partition coefficient (Wildman–Crippen LogP) is 2.42. The summed E-state index contributed by atoms with van der Waals surface area (Å²) in [6, 6.07) is 13.7. The second-order valence-corrected chi connectivity index (χ2v) is 5.64. The predicted molar refractivity (Wildman–Crippen MR) is 90.9 cm³/mol. The molecule has 0 aliphatic rings. The van der Waals surface area contributed by atoms with Gasteiger partial charge in [0.25, 0.3) is 0 Å². The van der Waals surface area contributed by atoms with E-state index in [-0.39, 0.29) is 5.91 Å². The van der Waals surface area contributed by atoms with Crippen LogP contribution in [0.2, 0.25) is 0 Å². The molecule has 3 aromatic rings. The van der Waals surface area contributed by atoms with Gasteiger partial charge in [0, 0.05) is 0 Å². The third-order valence-corrected chi connectivity index (χ3v) is 3.59. The summed E-state index contributed by atoms with van der Waals surface area (Å²) < 4.78 is 5.19. The van der Waals surface area contributed by atoms with Crippen molar-refractivity contribution in [2.24, 2.45) is 0 Å². The number of imidazole rings is 1. The van der Waals surface area contributed by atoms with Crippen LogP contribution in [-0.4, -0.2) is 34.4 Å². The molecular weight excluding hydrogens is 304 g/mol. The second kappa shape index (κ2) is 7.61. The lowest BCUT2D eigenvalue weighted by molar-refractivity contribution is -0.122. The highest BCUT2D eigenvalue weighted by molar-refractivity contribution is 5.77. The van der Waals surface area contributed by atoms with Crippen LogP contribution >= 0.6 is 0 Å². The lowest BCUT2D eigenvalue weighted by atomic mass is 10.2. The Morgan fingerprint density at radius 3 is 2.83 bits per heavy atom. The Morgan fingerprint density at radius 2 is 2.08 bits per heavy atom. The highest BCUT2D eigenvalue weighted by Crippen LogP contribution is 2.16. The van der Waals surface area contributed by atoms with Gasteiger partial charge < -0.3 is 14.7 Å². The van der Waals surface area contributed by atoms with Crippen molar-refractivity contribution in [2.45, 2.75) is 13.1 Å². The molecule has 24 heavy (non-hydrogen) atoms. The summed E-state index contributed by atoms with van der Waals surface area (Å²) in [5.41, 5.74) is 2.07. The number of carbonyl (C=O) groups excluding carboxylic acids is 1. The van der Waals surface area contributed by atoms with E-state index in [4.69, 9.17) is 4.42 Å². The van der Waals surface area contributed by atoms with E-state index in [1.807, 2.05) is 54.5 Å². The van der Waals surface area contributed by atoms with Crippen molar-refractivity contribution in [1.29, 1.82) is 0 Å². The first-order valence-electron chi connectivity index (χ1n) is 7.77. The van der Waals surface area contributed by atoms with Gasteiger partial charge >= 0.3 is 0 Å². The molecule has 6 nitrogen and oxygen atoms in total. The minimum atomic E-state index is -0.0521. The van der Waals surface area contributed by atoms with Crippen LogP contribution in [0.3, 0.4) is 0 Å². The molecule has 0 spiro atoms. The molecule has 0 fully saturated rings. The summed E-state index contributed by atoms with van der Waals surface area (Å²) in [7, 11) is 1.89. The number of benzene rings is 1. The summed E-state index contributed by atoms with van der Waals surface area (Å²) >= 11 is 0. The van der Waals surface area contributed by atoms with Gasteiger partial charge in [0.05, 0.1) is 37.8 Å². The summed E-state index contributed by atoms with van der Waals surface area (Å²) in [4.78, 5) is 21.5. The number of hydrogen-bond donors (Lipinski definition) is 2. The molecule has 124 valence electrons. The number of aromatic amines is 1. The Balaban J connectivity index is 1.49. The third kappa shape index (κ3) is 4.33. The van der Waals surface area contributed by atoms with Gasteiger partial charge in [-0.25, -0.2) is 4.98 Å². The molecule has 0 saturated heterocycles. The molecule has 0 atom stereocenters. The van der Waals surface area contributed by atoms with Crippen molar-refractivity contribution in [3.05, 3.63) is 66.5 Å². The van der Waals surface area contributed by atoms with Crippen molar-refractivity contribution in [1.82, 2.24) is 20.2 Å². The first kappa shape index (κ1) is 16.0. The Morgan fingerprint density at radius 1 is 1.25 bits per heavy atom. The molecule has 3 rings (SSSR count). The van der Waals surface area contributed by atoms with Gasteiger partial charge in [0.2, 0.25) is 5.91 Å². The molecule has 0 bridgehead atoms. The maximum atomic E-state index is 11.9. The number of furan rings is 1. The van der Waals surface area contributed by atoms with Crippen molar-refractivity contribution in [3.8, 4) is 11.3 Å². The Hall–Kier alpha value is -2.86. The van der Waals surface area contributed by atoms with Crippen molar-refractivity contribution in [3.63, 3.8) is 0 Å². The number of amides is 1. The van der Waals surface area contributed by atoms with Crippen molar-refractivity contribution < 1.29 is 9.21 Å². The quantitative estimate of drug-likeness (QED) is 0.700. The molecule has 0 aliphatic heterocycles. The molecule has 0 aliphatic carbocycles. The van der Waals surface area contributed by atoms with E-state index < -0.39 is 0 Å². The number of aromatic nitrogens is 2.